The van der Waals surface area contributed by atoms with E-state index in [9.17, 15) is 4.79 Å². The van der Waals surface area contributed by atoms with Crippen LogP contribution in [0.3, 0.4) is 0 Å². The molecule has 1 saturated heterocycles. The minimum Gasteiger partial charge on any atom is -0.352 e. The minimum atomic E-state index is 0.125. The highest BCUT2D eigenvalue weighted by Gasteiger charge is 2.43. The second-order valence-corrected chi connectivity index (χ2v) is 8.74. The number of rotatable bonds is 6. The van der Waals surface area contributed by atoms with E-state index >= 15 is 0 Å². The van der Waals surface area contributed by atoms with Gasteiger partial charge in [0.2, 0.25) is 5.91 Å². The lowest BCUT2D eigenvalue weighted by Gasteiger charge is -2.27. The number of amides is 1. The third-order valence-corrected chi connectivity index (χ3v) is 6.37. The summed E-state index contributed by atoms with van der Waals surface area (Å²) in [5.41, 5.74) is 3.86. The number of piperidine rings is 1. The Hall–Kier alpha value is -1.65. The van der Waals surface area contributed by atoms with Gasteiger partial charge in [-0.2, -0.15) is 0 Å². The van der Waals surface area contributed by atoms with Crippen LogP contribution in [-0.2, 0) is 17.9 Å². The van der Waals surface area contributed by atoms with Crippen LogP contribution in [0.1, 0.15) is 48.3 Å². The predicted octanol–water partition coefficient (Wildman–Crippen LogP) is 4.85. The van der Waals surface area contributed by atoms with Crippen LogP contribution in [0.2, 0.25) is 0 Å². The molecule has 2 aromatic rings. The zero-order chi connectivity index (χ0) is 18.6. The molecule has 0 radical (unpaired) electrons. The number of nitrogens with one attached hydrogen (secondary N) is 1. The number of hydrogen-bond donors (Lipinski definition) is 1. The van der Waals surface area contributed by atoms with Gasteiger partial charge in [0.15, 0.2) is 0 Å². The Balaban J connectivity index is 1.32. The molecule has 1 aliphatic heterocycles. The highest BCUT2D eigenvalue weighted by Crippen LogP contribution is 2.47. The maximum Gasteiger partial charge on any atom is 0.224 e. The summed E-state index contributed by atoms with van der Waals surface area (Å²) >= 11 is 3.47. The summed E-state index contributed by atoms with van der Waals surface area (Å²) < 4.78 is 1.08. The molecule has 3 nitrogen and oxygen atoms in total. The Bertz CT molecular complexity index is 783. The van der Waals surface area contributed by atoms with Crippen molar-refractivity contribution in [1.82, 2.24) is 10.2 Å². The minimum absolute atomic E-state index is 0.125. The van der Waals surface area contributed by atoms with Crippen molar-refractivity contribution in [1.29, 1.82) is 0 Å². The molecular formula is C23H27BrN2O. The third-order valence-electron chi connectivity index (χ3n) is 5.84. The smallest absolute Gasteiger partial charge is 0.224 e. The first-order valence-corrected chi connectivity index (χ1v) is 10.8. The van der Waals surface area contributed by atoms with E-state index in [4.69, 9.17) is 0 Å². The van der Waals surface area contributed by atoms with Gasteiger partial charge in [-0.1, -0.05) is 58.7 Å². The molecule has 142 valence electrons. The van der Waals surface area contributed by atoms with Gasteiger partial charge < -0.3 is 5.32 Å². The maximum absolute atomic E-state index is 12.6. The summed E-state index contributed by atoms with van der Waals surface area (Å²) in [6, 6.07) is 16.9. The molecule has 2 fully saturated rings. The van der Waals surface area contributed by atoms with E-state index in [-0.39, 0.29) is 11.8 Å². The van der Waals surface area contributed by atoms with Gasteiger partial charge in [-0.3, -0.25) is 9.69 Å². The van der Waals surface area contributed by atoms with Gasteiger partial charge >= 0.3 is 0 Å². The number of likely N-dealkylation sites (tertiary alicyclic amines) is 1. The lowest BCUT2D eigenvalue weighted by Crippen LogP contribution is -2.30. The molecule has 0 spiro atoms. The first kappa shape index (κ1) is 18.7. The topological polar surface area (TPSA) is 32.3 Å². The zero-order valence-corrected chi connectivity index (χ0v) is 17.2. The van der Waals surface area contributed by atoms with E-state index in [0.29, 0.717) is 12.5 Å². The van der Waals surface area contributed by atoms with Gasteiger partial charge in [-0.05, 0) is 67.1 Å². The lowest BCUT2D eigenvalue weighted by molar-refractivity contribution is -0.122. The molecule has 2 unspecified atom stereocenters. The monoisotopic (exact) mass is 426 g/mol. The summed E-state index contributed by atoms with van der Waals surface area (Å²) in [5, 5.41) is 3.18. The van der Waals surface area contributed by atoms with Crippen molar-refractivity contribution < 1.29 is 4.79 Å². The van der Waals surface area contributed by atoms with Crippen molar-refractivity contribution in [2.24, 2.45) is 5.92 Å². The maximum atomic E-state index is 12.6. The van der Waals surface area contributed by atoms with Crippen LogP contribution in [0.4, 0.5) is 0 Å². The Morgan fingerprint density at radius 2 is 1.70 bits per heavy atom. The third kappa shape index (κ3) is 4.80. The molecule has 1 amide bonds. The molecule has 1 heterocycles. The normalized spacial score (nSPS) is 22.4. The van der Waals surface area contributed by atoms with Crippen LogP contribution < -0.4 is 5.32 Å². The van der Waals surface area contributed by atoms with E-state index in [2.05, 4.69) is 74.7 Å². The molecule has 0 bridgehead atoms. The van der Waals surface area contributed by atoms with Gasteiger partial charge in [-0.25, -0.2) is 0 Å². The van der Waals surface area contributed by atoms with Crippen molar-refractivity contribution in [2.45, 2.75) is 44.7 Å². The van der Waals surface area contributed by atoms with E-state index in [1.165, 1.54) is 49.0 Å². The SMILES string of the molecule is O=C(NCc1ccccc1CN1CCCCC1)C1CC1c1ccc(Br)cc1. The summed E-state index contributed by atoms with van der Waals surface area (Å²) in [4.78, 5) is 15.1. The van der Waals surface area contributed by atoms with Crippen LogP contribution in [-0.4, -0.2) is 23.9 Å². The van der Waals surface area contributed by atoms with Crippen LogP contribution in [0, 0.1) is 5.92 Å². The molecule has 4 rings (SSSR count). The molecule has 2 aliphatic rings. The summed E-state index contributed by atoms with van der Waals surface area (Å²) in [6.07, 6.45) is 4.92. The molecule has 1 N–H and O–H groups in total. The van der Waals surface area contributed by atoms with Crippen LogP contribution in [0.25, 0.3) is 0 Å². The van der Waals surface area contributed by atoms with Crippen LogP contribution in [0.5, 0.6) is 0 Å². The van der Waals surface area contributed by atoms with Crippen LogP contribution >= 0.6 is 15.9 Å². The van der Waals surface area contributed by atoms with Gasteiger partial charge in [-0.15, -0.1) is 0 Å². The van der Waals surface area contributed by atoms with Gasteiger partial charge in [0.25, 0.3) is 0 Å². The highest BCUT2D eigenvalue weighted by molar-refractivity contribution is 9.10. The molecule has 0 aromatic heterocycles. The number of nitrogens with zero attached hydrogens (tertiary/aromatic N) is 1. The largest absolute Gasteiger partial charge is 0.352 e. The van der Waals surface area contributed by atoms with Gasteiger partial charge in [0, 0.05) is 23.5 Å². The fraction of sp³-hybridized carbons (Fsp3) is 0.435. The molecule has 27 heavy (non-hydrogen) atoms. The van der Waals surface area contributed by atoms with Gasteiger partial charge in [0.05, 0.1) is 0 Å². The zero-order valence-electron chi connectivity index (χ0n) is 15.7. The van der Waals surface area contributed by atoms with Crippen LogP contribution in [0.15, 0.2) is 53.0 Å². The fourth-order valence-electron chi connectivity index (χ4n) is 4.12. The first-order valence-electron chi connectivity index (χ1n) is 10.0. The quantitative estimate of drug-likeness (QED) is 0.715. The summed E-state index contributed by atoms with van der Waals surface area (Å²) in [7, 11) is 0. The van der Waals surface area contributed by atoms with Crippen molar-refractivity contribution >= 4 is 21.8 Å². The molecule has 4 heteroatoms. The van der Waals surface area contributed by atoms with Crippen molar-refractivity contribution in [3.63, 3.8) is 0 Å². The number of carbonyl (C=O) groups is 1. The number of benzene rings is 2. The van der Waals surface area contributed by atoms with E-state index in [1.807, 2.05) is 0 Å². The van der Waals surface area contributed by atoms with E-state index in [1.54, 1.807) is 0 Å². The predicted molar refractivity (Wildman–Crippen MR) is 112 cm³/mol. The first-order chi connectivity index (χ1) is 13.2. The molecule has 1 saturated carbocycles. The molecule has 1 aliphatic carbocycles. The highest BCUT2D eigenvalue weighted by atomic mass is 79.9. The Morgan fingerprint density at radius 1 is 1.00 bits per heavy atom. The second-order valence-electron chi connectivity index (χ2n) is 7.82. The molecule has 2 aromatic carbocycles. The van der Waals surface area contributed by atoms with E-state index < -0.39 is 0 Å². The number of carbonyl (C=O) groups excluding carboxylic acids is 1. The lowest BCUT2D eigenvalue weighted by atomic mass is 10.0. The average molecular weight is 427 g/mol. The van der Waals surface area contributed by atoms with Crippen molar-refractivity contribution in [2.75, 3.05) is 13.1 Å². The standard InChI is InChI=1S/C23H27BrN2O/c24-20-10-8-17(9-11-20)21-14-22(21)23(27)25-15-18-6-2-3-7-19(18)16-26-12-4-1-5-13-26/h2-3,6-11,21-22H,1,4-5,12-16H2,(H,25,27). The van der Waals surface area contributed by atoms with Crippen molar-refractivity contribution in [3.8, 4) is 0 Å². The van der Waals surface area contributed by atoms with Gasteiger partial charge in [0.1, 0.15) is 0 Å². The number of hydrogen-bond acceptors (Lipinski definition) is 2. The second kappa shape index (κ2) is 8.57. The molecule has 2 atom stereocenters. The Morgan fingerprint density at radius 3 is 2.44 bits per heavy atom. The fourth-order valence-corrected chi connectivity index (χ4v) is 4.38. The number of halogens is 1. The molecular weight excluding hydrogens is 400 g/mol. The average Bonchev–Trinajstić information content (AvgIpc) is 3.49. The Labute approximate surface area is 170 Å². The Kier molecular flexibility index (Phi) is 5.94. The summed E-state index contributed by atoms with van der Waals surface area (Å²) in [6.45, 7) is 4.01. The van der Waals surface area contributed by atoms with E-state index in [0.717, 1.165) is 17.4 Å². The summed E-state index contributed by atoms with van der Waals surface area (Å²) in [5.74, 6) is 0.692. The van der Waals surface area contributed by atoms with Crippen molar-refractivity contribution in [3.05, 3.63) is 69.7 Å².